The molecule has 1 N–H and O–H groups in total. The SMILES string of the molecule is COc1cccc(-c2cnc(C)c(C(=O)c3cccc(N4CCCNCC4)n3)c2)c1. The fraction of sp³-hybridized carbons (Fsp3) is 0.292. The van der Waals surface area contributed by atoms with Gasteiger partial charge in [0.2, 0.25) is 5.78 Å². The van der Waals surface area contributed by atoms with Crippen LogP contribution in [0.4, 0.5) is 5.82 Å². The Morgan fingerprint density at radius 3 is 2.80 bits per heavy atom. The number of nitrogens with one attached hydrogen (secondary N) is 1. The number of benzene rings is 1. The maximum absolute atomic E-state index is 13.3. The zero-order valence-corrected chi connectivity index (χ0v) is 17.4. The normalized spacial score (nSPS) is 14.3. The molecular formula is C24H26N4O2. The van der Waals surface area contributed by atoms with Crippen molar-refractivity contribution >= 4 is 11.6 Å². The van der Waals surface area contributed by atoms with Crippen molar-refractivity contribution < 1.29 is 9.53 Å². The molecule has 1 aliphatic heterocycles. The Labute approximate surface area is 176 Å². The molecule has 4 rings (SSSR count). The molecule has 0 radical (unpaired) electrons. The van der Waals surface area contributed by atoms with Crippen LogP contribution in [0.25, 0.3) is 11.1 Å². The number of ketones is 1. The molecule has 3 aromatic rings. The first-order chi connectivity index (χ1) is 14.7. The van der Waals surface area contributed by atoms with Gasteiger partial charge in [-0.1, -0.05) is 18.2 Å². The standard InChI is InChI=1S/C24H26N4O2/c1-17-21(15-19(16-26-17)18-6-3-7-20(14-18)30-2)24(29)22-8-4-9-23(27-22)28-12-5-10-25-11-13-28/h3-4,6-9,14-16,25H,5,10-13H2,1-2H3. The molecule has 0 saturated carbocycles. The van der Waals surface area contributed by atoms with Gasteiger partial charge in [-0.15, -0.1) is 0 Å². The highest BCUT2D eigenvalue weighted by Crippen LogP contribution is 2.26. The third kappa shape index (κ3) is 4.33. The van der Waals surface area contributed by atoms with Crippen LogP contribution in [0.3, 0.4) is 0 Å². The summed E-state index contributed by atoms with van der Waals surface area (Å²) in [5.41, 5.74) is 3.53. The Kier molecular flexibility index (Phi) is 6.05. The number of carbonyl (C=O) groups excluding carboxylic acids is 1. The predicted molar refractivity (Wildman–Crippen MR) is 118 cm³/mol. The number of hydrogen-bond donors (Lipinski definition) is 1. The molecular weight excluding hydrogens is 376 g/mol. The van der Waals surface area contributed by atoms with E-state index in [0.717, 1.165) is 55.3 Å². The largest absolute Gasteiger partial charge is 0.497 e. The van der Waals surface area contributed by atoms with E-state index in [-0.39, 0.29) is 5.78 Å². The van der Waals surface area contributed by atoms with Crippen molar-refractivity contribution in [2.45, 2.75) is 13.3 Å². The molecule has 1 saturated heterocycles. The minimum absolute atomic E-state index is 0.112. The summed E-state index contributed by atoms with van der Waals surface area (Å²) in [6, 6.07) is 15.3. The summed E-state index contributed by atoms with van der Waals surface area (Å²) in [5.74, 6) is 1.50. The first-order valence-electron chi connectivity index (χ1n) is 10.2. The van der Waals surface area contributed by atoms with Crippen molar-refractivity contribution in [3.8, 4) is 16.9 Å². The van der Waals surface area contributed by atoms with E-state index in [4.69, 9.17) is 4.74 Å². The van der Waals surface area contributed by atoms with Gasteiger partial charge in [-0.3, -0.25) is 9.78 Å². The molecule has 6 nitrogen and oxygen atoms in total. The number of rotatable bonds is 5. The number of carbonyl (C=O) groups is 1. The number of aryl methyl sites for hydroxylation is 1. The monoisotopic (exact) mass is 402 g/mol. The molecule has 0 amide bonds. The molecule has 0 spiro atoms. The zero-order chi connectivity index (χ0) is 20.9. The van der Waals surface area contributed by atoms with E-state index in [0.29, 0.717) is 17.0 Å². The van der Waals surface area contributed by atoms with E-state index in [1.54, 1.807) is 19.4 Å². The van der Waals surface area contributed by atoms with Gasteiger partial charge in [0.25, 0.3) is 0 Å². The maximum atomic E-state index is 13.3. The van der Waals surface area contributed by atoms with Crippen molar-refractivity contribution in [3.05, 3.63) is 71.7 Å². The van der Waals surface area contributed by atoms with Crippen molar-refractivity contribution in [2.24, 2.45) is 0 Å². The molecule has 1 fully saturated rings. The van der Waals surface area contributed by atoms with E-state index in [2.05, 4.69) is 20.2 Å². The fourth-order valence-electron chi connectivity index (χ4n) is 3.66. The highest BCUT2D eigenvalue weighted by atomic mass is 16.5. The summed E-state index contributed by atoms with van der Waals surface area (Å²) in [6.45, 7) is 5.61. The molecule has 0 bridgehead atoms. The number of hydrogen-bond acceptors (Lipinski definition) is 6. The minimum Gasteiger partial charge on any atom is -0.497 e. The van der Waals surface area contributed by atoms with E-state index < -0.39 is 0 Å². The lowest BCUT2D eigenvalue weighted by Gasteiger charge is -2.21. The number of aromatic nitrogens is 2. The van der Waals surface area contributed by atoms with Crippen molar-refractivity contribution in [1.29, 1.82) is 0 Å². The minimum atomic E-state index is -0.112. The van der Waals surface area contributed by atoms with E-state index in [1.807, 2.05) is 49.4 Å². The van der Waals surface area contributed by atoms with Crippen molar-refractivity contribution in [3.63, 3.8) is 0 Å². The summed E-state index contributed by atoms with van der Waals surface area (Å²) in [4.78, 5) is 24.7. The molecule has 0 atom stereocenters. The highest BCUT2D eigenvalue weighted by Gasteiger charge is 2.18. The molecule has 1 aliphatic rings. The van der Waals surface area contributed by atoms with Gasteiger partial charge in [0, 0.05) is 42.7 Å². The van der Waals surface area contributed by atoms with Crippen LogP contribution >= 0.6 is 0 Å². The predicted octanol–water partition coefficient (Wildman–Crippen LogP) is 3.49. The third-order valence-corrected chi connectivity index (χ3v) is 5.37. The Balaban J connectivity index is 1.65. The number of nitrogens with zero attached hydrogens (tertiary/aromatic N) is 3. The van der Waals surface area contributed by atoms with E-state index in [9.17, 15) is 4.79 Å². The average molecular weight is 402 g/mol. The fourth-order valence-corrected chi connectivity index (χ4v) is 3.66. The van der Waals surface area contributed by atoms with Crippen LogP contribution in [-0.4, -0.2) is 49.0 Å². The van der Waals surface area contributed by atoms with E-state index in [1.165, 1.54) is 0 Å². The van der Waals surface area contributed by atoms with Crippen molar-refractivity contribution in [1.82, 2.24) is 15.3 Å². The first-order valence-corrected chi connectivity index (χ1v) is 10.2. The van der Waals surface area contributed by atoms with Gasteiger partial charge in [0.1, 0.15) is 17.3 Å². The van der Waals surface area contributed by atoms with Crippen LogP contribution in [0, 0.1) is 6.92 Å². The molecule has 30 heavy (non-hydrogen) atoms. The molecule has 0 aliphatic carbocycles. The van der Waals surface area contributed by atoms with Gasteiger partial charge < -0.3 is 15.0 Å². The zero-order valence-electron chi connectivity index (χ0n) is 17.4. The van der Waals surface area contributed by atoms with Crippen molar-refractivity contribution in [2.75, 3.05) is 38.2 Å². The summed E-state index contributed by atoms with van der Waals surface area (Å²) in [5, 5.41) is 3.39. The summed E-state index contributed by atoms with van der Waals surface area (Å²) in [7, 11) is 1.64. The first kappa shape index (κ1) is 20.0. The highest BCUT2D eigenvalue weighted by molar-refractivity contribution is 6.09. The summed E-state index contributed by atoms with van der Waals surface area (Å²) >= 11 is 0. The lowest BCUT2D eigenvalue weighted by molar-refractivity contribution is 0.103. The summed E-state index contributed by atoms with van der Waals surface area (Å²) in [6.07, 6.45) is 2.85. The number of ether oxygens (including phenoxy) is 1. The smallest absolute Gasteiger partial charge is 0.213 e. The Bertz CT molecular complexity index is 1040. The average Bonchev–Trinajstić information content (AvgIpc) is 3.09. The van der Waals surface area contributed by atoms with Gasteiger partial charge in [-0.25, -0.2) is 4.98 Å². The number of anilines is 1. The van der Waals surface area contributed by atoms with Crippen LogP contribution in [0.5, 0.6) is 5.75 Å². The molecule has 2 aromatic heterocycles. The van der Waals surface area contributed by atoms with Crippen LogP contribution in [-0.2, 0) is 0 Å². The molecule has 6 heteroatoms. The number of pyridine rings is 2. The molecule has 154 valence electrons. The second-order valence-electron chi connectivity index (χ2n) is 7.39. The number of methoxy groups -OCH3 is 1. The van der Waals surface area contributed by atoms with Gasteiger partial charge >= 0.3 is 0 Å². The van der Waals surface area contributed by atoms with Gasteiger partial charge in [-0.05, 0) is 55.8 Å². The van der Waals surface area contributed by atoms with Crippen LogP contribution in [0.15, 0.2) is 54.7 Å². The molecule has 1 aromatic carbocycles. The Hall–Kier alpha value is -3.25. The van der Waals surface area contributed by atoms with Gasteiger partial charge in [0.05, 0.1) is 7.11 Å². The van der Waals surface area contributed by atoms with E-state index >= 15 is 0 Å². The maximum Gasteiger partial charge on any atom is 0.213 e. The quantitative estimate of drug-likeness (QED) is 0.659. The second kappa shape index (κ2) is 9.05. The molecule has 0 unspecified atom stereocenters. The van der Waals surface area contributed by atoms with Gasteiger partial charge in [-0.2, -0.15) is 0 Å². The second-order valence-corrected chi connectivity index (χ2v) is 7.39. The lowest BCUT2D eigenvalue weighted by Crippen LogP contribution is -2.29. The van der Waals surface area contributed by atoms with Crippen LogP contribution in [0.1, 0.15) is 28.2 Å². The van der Waals surface area contributed by atoms with Gasteiger partial charge in [0.15, 0.2) is 0 Å². The third-order valence-electron chi connectivity index (χ3n) is 5.37. The van der Waals surface area contributed by atoms with Crippen LogP contribution in [0.2, 0.25) is 0 Å². The summed E-state index contributed by atoms with van der Waals surface area (Å²) < 4.78 is 5.32. The Morgan fingerprint density at radius 2 is 1.93 bits per heavy atom. The Morgan fingerprint density at radius 1 is 1.07 bits per heavy atom. The topological polar surface area (TPSA) is 67.3 Å². The lowest BCUT2D eigenvalue weighted by atomic mass is 10.0. The molecule has 3 heterocycles. The van der Waals surface area contributed by atoms with Crippen LogP contribution < -0.4 is 15.0 Å².